The van der Waals surface area contributed by atoms with E-state index in [1.807, 2.05) is 55.5 Å². The van der Waals surface area contributed by atoms with Crippen LogP contribution in [0.25, 0.3) is 5.69 Å². The molecular weight excluding hydrogens is 378 g/mol. The third kappa shape index (κ3) is 4.42. The highest BCUT2D eigenvalue weighted by Gasteiger charge is 2.20. The maximum Gasteiger partial charge on any atom is 0.233 e. The second kappa shape index (κ2) is 9.23. The number of benzene rings is 2. The van der Waals surface area contributed by atoms with Gasteiger partial charge in [0.2, 0.25) is 11.1 Å². The molecule has 3 rings (SSSR count). The Morgan fingerprint density at radius 1 is 1.11 bits per heavy atom. The van der Waals surface area contributed by atoms with Crippen LogP contribution in [-0.4, -0.2) is 45.6 Å². The molecule has 28 heavy (non-hydrogen) atoms. The summed E-state index contributed by atoms with van der Waals surface area (Å²) in [5.74, 6) is 1.26. The molecule has 3 aromatic rings. The van der Waals surface area contributed by atoms with Crippen LogP contribution in [0.2, 0.25) is 0 Å². The molecule has 0 spiro atoms. The third-order valence-corrected chi connectivity index (χ3v) is 5.08. The molecule has 0 fully saturated rings. The van der Waals surface area contributed by atoms with Gasteiger partial charge in [-0.05, 0) is 35.5 Å². The summed E-state index contributed by atoms with van der Waals surface area (Å²) in [7, 11) is 3.20. The highest BCUT2D eigenvalue weighted by molar-refractivity contribution is 8.00. The van der Waals surface area contributed by atoms with Crippen molar-refractivity contribution in [2.24, 2.45) is 0 Å². The summed E-state index contributed by atoms with van der Waals surface area (Å²) in [5, 5.41) is 14.9. The Morgan fingerprint density at radius 3 is 2.54 bits per heavy atom. The molecule has 8 nitrogen and oxygen atoms in total. The Morgan fingerprint density at radius 2 is 1.79 bits per heavy atom. The van der Waals surface area contributed by atoms with Gasteiger partial charge in [0.15, 0.2) is 0 Å². The van der Waals surface area contributed by atoms with Crippen LogP contribution in [0.5, 0.6) is 11.5 Å². The molecule has 0 aliphatic rings. The SMILES string of the molecule is COc1ccccc1CNC(=O)[C@H](C)Sc1nnnn1-c1ccccc1OC. The van der Waals surface area contributed by atoms with Crippen molar-refractivity contribution < 1.29 is 14.3 Å². The second-order valence-electron chi connectivity index (χ2n) is 5.83. The van der Waals surface area contributed by atoms with E-state index in [0.717, 1.165) is 11.3 Å². The first-order valence-electron chi connectivity index (χ1n) is 8.62. The van der Waals surface area contributed by atoms with Crippen molar-refractivity contribution in [2.75, 3.05) is 14.2 Å². The lowest BCUT2D eigenvalue weighted by atomic mass is 10.2. The van der Waals surface area contributed by atoms with Gasteiger partial charge in [-0.3, -0.25) is 4.79 Å². The average molecular weight is 399 g/mol. The quantitative estimate of drug-likeness (QED) is 0.582. The number of rotatable bonds is 8. The number of nitrogens with one attached hydrogen (secondary N) is 1. The van der Waals surface area contributed by atoms with E-state index >= 15 is 0 Å². The first-order valence-corrected chi connectivity index (χ1v) is 9.50. The Hall–Kier alpha value is -3.07. The number of hydrogen-bond donors (Lipinski definition) is 1. The number of amides is 1. The molecule has 1 atom stereocenters. The highest BCUT2D eigenvalue weighted by atomic mass is 32.2. The van der Waals surface area contributed by atoms with E-state index in [1.165, 1.54) is 11.8 Å². The number of tetrazole rings is 1. The normalized spacial score (nSPS) is 11.7. The zero-order valence-corrected chi connectivity index (χ0v) is 16.6. The molecule has 1 aromatic heterocycles. The number of ether oxygens (including phenoxy) is 2. The fourth-order valence-electron chi connectivity index (χ4n) is 2.60. The van der Waals surface area contributed by atoms with Crippen molar-refractivity contribution in [2.45, 2.75) is 23.9 Å². The van der Waals surface area contributed by atoms with Crippen LogP contribution in [0.1, 0.15) is 12.5 Å². The number of hydrogen-bond acceptors (Lipinski definition) is 7. The number of nitrogens with zero attached hydrogens (tertiary/aromatic N) is 4. The molecule has 0 radical (unpaired) electrons. The zero-order valence-electron chi connectivity index (χ0n) is 15.8. The van der Waals surface area contributed by atoms with Crippen LogP contribution >= 0.6 is 11.8 Å². The van der Waals surface area contributed by atoms with Crippen LogP contribution in [0.4, 0.5) is 0 Å². The topological polar surface area (TPSA) is 91.2 Å². The van der Waals surface area contributed by atoms with E-state index in [1.54, 1.807) is 18.9 Å². The number of aromatic nitrogens is 4. The molecule has 0 bridgehead atoms. The monoisotopic (exact) mass is 399 g/mol. The van der Waals surface area contributed by atoms with Gasteiger partial charge in [0, 0.05) is 12.1 Å². The summed E-state index contributed by atoms with van der Waals surface area (Å²) >= 11 is 1.27. The summed E-state index contributed by atoms with van der Waals surface area (Å²) in [6.45, 7) is 2.19. The molecule has 0 aliphatic carbocycles. The maximum atomic E-state index is 12.5. The molecule has 146 valence electrons. The van der Waals surface area contributed by atoms with Gasteiger partial charge in [-0.1, -0.05) is 42.1 Å². The van der Waals surface area contributed by atoms with E-state index in [2.05, 4.69) is 20.8 Å². The average Bonchev–Trinajstić information content (AvgIpc) is 3.19. The predicted octanol–water partition coefficient (Wildman–Crippen LogP) is 2.48. The van der Waals surface area contributed by atoms with Gasteiger partial charge in [-0.2, -0.15) is 4.68 Å². The van der Waals surface area contributed by atoms with Crippen LogP contribution < -0.4 is 14.8 Å². The zero-order chi connectivity index (χ0) is 19.9. The minimum absolute atomic E-state index is 0.120. The van der Waals surface area contributed by atoms with E-state index in [4.69, 9.17) is 9.47 Å². The van der Waals surface area contributed by atoms with Crippen molar-refractivity contribution in [3.05, 3.63) is 54.1 Å². The minimum atomic E-state index is -0.394. The Labute approximate surface area is 167 Å². The number of carbonyl (C=O) groups excluding carboxylic acids is 1. The summed E-state index contributed by atoms with van der Waals surface area (Å²) in [6.07, 6.45) is 0. The van der Waals surface area contributed by atoms with Crippen LogP contribution in [0.3, 0.4) is 0 Å². The molecule has 0 saturated carbocycles. The smallest absolute Gasteiger partial charge is 0.233 e. The Bertz CT molecular complexity index is 947. The van der Waals surface area contributed by atoms with Gasteiger partial charge in [0.05, 0.1) is 19.5 Å². The molecule has 1 amide bonds. The van der Waals surface area contributed by atoms with Crippen molar-refractivity contribution in [1.29, 1.82) is 0 Å². The standard InChI is InChI=1S/C19H21N5O3S/c1-13(18(25)20-12-14-8-4-6-10-16(14)26-2)28-19-21-22-23-24(19)15-9-5-7-11-17(15)27-3/h4-11,13H,12H2,1-3H3,(H,20,25)/t13-/m0/s1. The van der Waals surface area contributed by atoms with Gasteiger partial charge in [0.1, 0.15) is 17.2 Å². The van der Waals surface area contributed by atoms with E-state index in [-0.39, 0.29) is 5.91 Å². The highest BCUT2D eigenvalue weighted by Crippen LogP contribution is 2.27. The van der Waals surface area contributed by atoms with Gasteiger partial charge in [-0.25, -0.2) is 0 Å². The van der Waals surface area contributed by atoms with Crippen LogP contribution in [0, 0.1) is 0 Å². The minimum Gasteiger partial charge on any atom is -0.496 e. The number of carbonyl (C=O) groups is 1. The lowest BCUT2D eigenvalue weighted by Crippen LogP contribution is -2.30. The van der Waals surface area contributed by atoms with Gasteiger partial charge >= 0.3 is 0 Å². The van der Waals surface area contributed by atoms with E-state index in [0.29, 0.717) is 23.1 Å². The number of methoxy groups -OCH3 is 2. The summed E-state index contributed by atoms with van der Waals surface area (Å²) in [6, 6.07) is 15.0. The maximum absolute atomic E-state index is 12.5. The molecule has 1 heterocycles. The largest absolute Gasteiger partial charge is 0.496 e. The Kier molecular flexibility index (Phi) is 6.49. The molecule has 2 aromatic carbocycles. The molecule has 1 N–H and O–H groups in total. The number of thioether (sulfide) groups is 1. The molecule has 0 saturated heterocycles. The van der Waals surface area contributed by atoms with Crippen LogP contribution in [-0.2, 0) is 11.3 Å². The summed E-state index contributed by atoms with van der Waals surface area (Å²) in [5.41, 5.74) is 1.62. The molecule has 0 unspecified atom stereocenters. The van der Waals surface area contributed by atoms with Crippen molar-refractivity contribution in [1.82, 2.24) is 25.5 Å². The van der Waals surface area contributed by atoms with Gasteiger partial charge in [0.25, 0.3) is 0 Å². The van der Waals surface area contributed by atoms with E-state index < -0.39 is 5.25 Å². The van der Waals surface area contributed by atoms with Crippen molar-refractivity contribution in [3.8, 4) is 17.2 Å². The lowest BCUT2D eigenvalue weighted by Gasteiger charge is -2.14. The first-order chi connectivity index (χ1) is 13.6. The Balaban J connectivity index is 1.68. The predicted molar refractivity (Wildman–Crippen MR) is 106 cm³/mol. The first kappa shape index (κ1) is 19.7. The van der Waals surface area contributed by atoms with Crippen molar-refractivity contribution >= 4 is 17.7 Å². The summed E-state index contributed by atoms with van der Waals surface area (Å²) < 4.78 is 12.2. The fraction of sp³-hybridized carbons (Fsp3) is 0.263. The van der Waals surface area contributed by atoms with E-state index in [9.17, 15) is 4.79 Å². The third-order valence-electron chi connectivity index (χ3n) is 4.05. The molecule has 9 heteroatoms. The van der Waals surface area contributed by atoms with Gasteiger partial charge < -0.3 is 14.8 Å². The number of para-hydroxylation sites is 3. The van der Waals surface area contributed by atoms with Gasteiger partial charge in [-0.15, -0.1) is 5.10 Å². The fourth-order valence-corrected chi connectivity index (χ4v) is 3.42. The van der Waals surface area contributed by atoms with Crippen molar-refractivity contribution in [3.63, 3.8) is 0 Å². The second-order valence-corrected chi connectivity index (χ2v) is 7.14. The van der Waals surface area contributed by atoms with Crippen LogP contribution in [0.15, 0.2) is 53.7 Å². The molecule has 0 aliphatic heterocycles. The summed E-state index contributed by atoms with van der Waals surface area (Å²) in [4.78, 5) is 12.5. The molecular formula is C19H21N5O3S. The lowest BCUT2D eigenvalue weighted by molar-refractivity contribution is -0.120.